The van der Waals surface area contributed by atoms with Crippen molar-refractivity contribution in [1.29, 1.82) is 0 Å². The second-order valence-corrected chi connectivity index (χ2v) is 3.15. The van der Waals surface area contributed by atoms with Crippen LogP contribution >= 0.6 is 0 Å². The number of ether oxygens (including phenoxy) is 1. The molecule has 0 heterocycles. The first-order chi connectivity index (χ1) is 8.11. The number of nitrogens with zero attached hydrogens (tertiary/aromatic N) is 1. The Labute approximate surface area is 101 Å². The third-order valence-corrected chi connectivity index (χ3v) is 1.73. The Bertz CT molecular complexity index is 330. The normalized spacial score (nSPS) is 8.82. The molecule has 1 aromatic rings. The fraction of sp³-hybridized carbons (Fsp3) is 0.417. The van der Waals surface area contributed by atoms with Crippen LogP contribution in [0.25, 0.3) is 0 Å². The highest BCUT2D eigenvalue weighted by atomic mass is 16.6. The number of benzene rings is 1. The molecule has 17 heavy (non-hydrogen) atoms. The third-order valence-electron chi connectivity index (χ3n) is 1.73. The van der Waals surface area contributed by atoms with Gasteiger partial charge in [0.15, 0.2) is 0 Å². The predicted octanol–water partition coefficient (Wildman–Crippen LogP) is 2.94. The smallest absolute Gasteiger partial charge is 0.305 e. The van der Waals surface area contributed by atoms with Gasteiger partial charge in [0, 0.05) is 18.6 Å². The minimum absolute atomic E-state index is 0.0880. The topological polar surface area (TPSA) is 69.4 Å². The molecular weight excluding hydrogens is 222 g/mol. The van der Waals surface area contributed by atoms with Crippen molar-refractivity contribution in [3.63, 3.8) is 0 Å². The second-order valence-electron chi connectivity index (χ2n) is 3.15. The Balaban J connectivity index is 0.000000304. The van der Waals surface area contributed by atoms with Crippen molar-refractivity contribution >= 4 is 11.7 Å². The highest BCUT2D eigenvalue weighted by Crippen LogP contribution is 2.06. The van der Waals surface area contributed by atoms with Gasteiger partial charge in [-0.3, -0.25) is 14.9 Å². The number of para-hydroxylation sites is 1. The van der Waals surface area contributed by atoms with E-state index in [4.69, 9.17) is 0 Å². The van der Waals surface area contributed by atoms with Crippen LogP contribution in [0.15, 0.2) is 30.3 Å². The first kappa shape index (κ1) is 15.1. The molecule has 0 saturated carbocycles. The molecule has 0 spiro atoms. The Morgan fingerprint density at radius 3 is 2.24 bits per heavy atom. The van der Waals surface area contributed by atoms with Crippen LogP contribution in [0.2, 0.25) is 0 Å². The molecule has 0 aliphatic carbocycles. The number of hydrogen-bond acceptors (Lipinski definition) is 4. The molecule has 0 atom stereocenters. The van der Waals surface area contributed by atoms with Crippen molar-refractivity contribution in [3.8, 4) is 0 Å². The van der Waals surface area contributed by atoms with Gasteiger partial charge >= 0.3 is 5.97 Å². The van der Waals surface area contributed by atoms with Gasteiger partial charge in [0.1, 0.15) is 0 Å². The van der Waals surface area contributed by atoms with Gasteiger partial charge in [0.2, 0.25) is 0 Å². The van der Waals surface area contributed by atoms with E-state index in [2.05, 4.69) is 4.74 Å². The molecule has 0 aliphatic rings. The molecule has 0 amide bonds. The summed E-state index contributed by atoms with van der Waals surface area (Å²) in [5.41, 5.74) is 0.137. The summed E-state index contributed by atoms with van der Waals surface area (Å²) in [5, 5.41) is 10.0. The van der Waals surface area contributed by atoms with Crippen molar-refractivity contribution in [2.45, 2.75) is 26.7 Å². The Kier molecular flexibility index (Phi) is 8.28. The van der Waals surface area contributed by atoms with Crippen LogP contribution < -0.4 is 0 Å². The summed E-state index contributed by atoms with van der Waals surface area (Å²) in [6.07, 6.45) is 1.42. The van der Waals surface area contributed by atoms with Crippen molar-refractivity contribution in [1.82, 2.24) is 0 Å². The maximum atomic E-state index is 10.4. The SMILES string of the molecule is CCCC(=O)OCC.O=[N+]([O-])c1ccccc1. The fourth-order valence-corrected chi connectivity index (χ4v) is 0.987. The molecule has 1 aromatic carbocycles. The van der Waals surface area contributed by atoms with Crippen LogP contribution in [0.3, 0.4) is 0 Å². The molecule has 0 unspecified atom stereocenters. The van der Waals surface area contributed by atoms with Gasteiger partial charge in [-0.25, -0.2) is 0 Å². The van der Waals surface area contributed by atoms with E-state index >= 15 is 0 Å². The summed E-state index contributed by atoms with van der Waals surface area (Å²) in [6, 6.07) is 7.93. The molecule has 5 nitrogen and oxygen atoms in total. The summed E-state index contributed by atoms with van der Waals surface area (Å²) in [7, 11) is 0. The van der Waals surface area contributed by atoms with Gasteiger partial charge in [-0.05, 0) is 13.3 Å². The van der Waals surface area contributed by atoms with E-state index < -0.39 is 4.92 Å². The van der Waals surface area contributed by atoms with Gasteiger partial charge in [-0.1, -0.05) is 25.1 Å². The van der Waals surface area contributed by atoms with Gasteiger partial charge in [0.25, 0.3) is 5.69 Å². The van der Waals surface area contributed by atoms with Crippen LogP contribution in [0.4, 0.5) is 5.69 Å². The lowest BCUT2D eigenvalue weighted by Gasteiger charge is -1.96. The fourth-order valence-electron chi connectivity index (χ4n) is 0.987. The van der Waals surface area contributed by atoms with E-state index in [0.717, 1.165) is 6.42 Å². The molecule has 0 N–H and O–H groups in total. The lowest BCUT2D eigenvalue weighted by Crippen LogP contribution is -2.01. The standard InChI is InChI=1S/C6H5NO2.C6H12O2/c8-7(9)6-4-2-1-3-5-6;1-3-5-6(7)8-4-2/h1-5H;3-5H2,1-2H3. The molecular formula is C12H17NO4. The number of carbonyl (C=O) groups is 1. The van der Waals surface area contributed by atoms with Crippen LogP contribution in [0, 0.1) is 10.1 Å². The van der Waals surface area contributed by atoms with Crippen LogP contribution in [-0.2, 0) is 9.53 Å². The molecule has 0 aromatic heterocycles. The predicted molar refractivity (Wildman–Crippen MR) is 64.6 cm³/mol. The summed E-state index contributed by atoms with van der Waals surface area (Å²) in [5.74, 6) is -0.0880. The number of rotatable bonds is 4. The lowest BCUT2D eigenvalue weighted by molar-refractivity contribution is -0.384. The maximum absolute atomic E-state index is 10.4. The monoisotopic (exact) mass is 239 g/mol. The summed E-state index contributed by atoms with van der Waals surface area (Å²) in [6.45, 7) is 4.27. The number of nitro benzene ring substituents is 1. The molecule has 0 bridgehead atoms. The van der Waals surface area contributed by atoms with Gasteiger partial charge in [0.05, 0.1) is 11.5 Å². The average molecular weight is 239 g/mol. The molecule has 94 valence electrons. The Morgan fingerprint density at radius 2 is 1.88 bits per heavy atom. The van der Waals surface area contributed by atoms with E-state index in [1.54, 1.807) is 18.2 Å². The van der Waals surface area contributed by atoms with Crippen LogP contribution in [0.5, 0.6) is 0 Å². The summed E-state index contributed by atoms with van der Waals surface area (Å²) in [4.78, 5) is 20.0. The molecule has 0 aliphatic heterocycles. The van der Waals surface area contributed by atoms with Crippen LogP contribution in [0.1, 0.15) is 26.7 Å². The van der Waals surface area contributed by atoms with E-state index in [-0.39, 0.29) is 11.7 Å². The maximum Gasteiger partial charge on any atom is 0.305 e. The van der Waals surface area contributed by atoms with Gasteiger partial charge < -0.3 is 4.74 Å². The highest BCUT2D eigenvalue weighted by molar-refractivity contribution is 5.69. The lowest BCUT2D eigenvalue weighted by atomic mass is 10.3. The first-order valence-corrected chi connectivity index (χ1v) is 5.46. The third kappa shape index (κ3) is 7.96. The first-order valence-electron chi connectivity index (χ1n) is 5.46. The van der Waals surface area contributed by atoms with E-state index in [1.165, 1.54) is 12.1 Å². The second kappa shape index (κ2) is 9.33. The van der Waals surface area contributed by atoms with Crippen molar-refractivity contribution in [2.75, 3.05) is 6.61 Å². The van der Waals surface area contributed by atoms with Crippen LogP contribution in [-0.4, -0.2) is 17.5 Å². The van der Waals surface area contributed by atoms with Crippen molar-refractivity contribution in [2.24, 2.45) is 0 Å². The minimum Gasteiger partial charge on any atom is -0.466 e. The number of hydrogen-bond donors (Lipinski definition) is 0. The Hall–Kier alpha value is -1.91. The molecule has 0 saturated heterocycles. The minimum atomic E-state index is -0.417. The largest absolute Gasteiger partial charge is 0.466 e. The number of non-ortho nitro benzene ring substituents is 1. The zero-order chi connectivity index (χ0) is 13.1. The van der Waals surface area contributed by atoms with Crippen molar-refractivity contribution in [3.05, 3.63) is 40.4 Å². The van der Waals surface area contributed by atoms with Gasteiger partial charge in [-0.15, -0.1) is 0 Å². The average Bonchev–Trinajstić information content (AvgIpc) is 2.32. The summed E-state index contributed by atoms with van der Waals surface area (Å²) >= 11 is 0. The Morgan fingerprint density at radius 1 is 1.29 bits per heavy atom. The van der Waals surface area contributed by atoms with Gasteiger partial charge in [-0.2, -0.15) is 0 Å². The molecule has 1 rings (SSSR count). The zero-order valence-electron chi connectivity index (χ0n) is 10.1. The van der Waals surface area contributed by atoms with E-state index in [1.807, 2.05) is 13.8 Å². The van der Waals surface area contributed by atoms with E-state index in [0.29, 0.717) is 13.0 Å². The molecule has 0 fully saturated rings. The van der Waals surface area contributed by atoms with Crippen molar-refractivity contribution < 1.29 is 14.5 Å². The molecule has 5 heteroatoms. The zero-order valence-corrected chi connectivity index (χ0v) is 10.1. The van der Waals surface area contributed by atoms with E-state index in [9.17, 15) is 14.9 Å². The number of nitro groups is 1. The highest BCUT2D eigenvalue weighted by Gasteiger charge is 1.98. The quantitative estimate of drug-likeness (QED) is 0.460. The summed E-state index contributed by atoms with van der Waals surface area (Å²) < 4.78 is 4.64. The number of esters is 1. The number of carbonyl (C=O) groups excluding carboxylic acids is 1. The molecule has 0 radical (unpaired) electrons.